The van der Waals surface area contributed by atoms with Gasteiger partial charge in [-0.2, -0.15) is 0 Å². The topological polar surface area (TPSA) is 34.1 Å². The summed E-state index contributed by atoms with van der Waals surface area (Å²) in [4.78, 5) is 4.43. The molecule has 2 aliphatic rings. The molecule has 1 aromatic rings. The number of aromatic nitrogens is 1. The highest BCUT2D eigenvalue weighted by molar-refractivity contribution is 7.09. The van der Waals surface area contributed by atoms with Gasteiger partial charge in [-0.25, -0.2) is 4.98 Å². The maximum absolute atomic E-state index is 5.97. The molecule has 3 atom stereocenters. The van der Waals surface area contributed by atoms with E-state index in [0.717, 1.165) is 13.2 Å². The van der Waals surface area contributed by atoms with Gasteiger partial charge >= 0.3 is 0 Å². The van der Waals surface area contributed by atoms with Gasteiger partial charge in [-0.3, -0.25) is 0 Å². The van der Waals surface area contributed by atoms with Gasteiger partial charge in [0, 0.05) is 42.1 Å². The number of ether oxygens (including phenoxy) is 1. The molecule has 112 valence electrons. The fraction of sp³-hybridized carbons (Fsp3) is 0.812. The number of hydrogen-bond donors (Lipinski definition) is 1. The van der Waals surface area contributed by atoms with Crippen molar-refractivity contribution in [1.82, 2.24) is 10.3 Å². The fourth-order valence-corrected chi connectivity index (χ4v) is 4.76. The maximum Gasteiger partial charge on any atom is 0.0965 e. The van der Waals surface area contributed by atoms with Crippen molar-refractivity contribution in [3.05, 3.63) is 16.6 Å². The van der Waals surface area contributed by atoms with Crippen LogP contribution in [0.3, 0.4) is 0 Å². The van der Waals surface area contributed by atoms with Crippen molar-refractivity contribution in [1.29, 1.82) is 0 Å². The van der Waals surface area contributed by atoms with Crippen LogP contribution < -0.4 is 5.32 Å². The molecule has 3 unspecified atom stereocenters. The van der Waals surface area contributed by atoms with Gasteiger partial charge in [-0.05, 0) is 26.2 Å². The molecule has 3 rings (SSSR count). The number of rotatable bonds is 6. The van der Waals surface area contributed by atoms with E-state index in [1.165, 1.54) is 37.1 Å². The molecule has 0 saturated heterocycles. The summed E-state index contributed by atoms with van der Waals surface area (Å²) in [6.07, 6.45) is 9.06. The van der Waals surface area contributed by atoms with Gasteiger partial charge in [-0.1, -0.05) is 19.8 Å². The highest BCUT2D eigenvalue weighted by Crippen LogP contribution is 2.54. The Balaban J connectivity index is 1.55. The largest absolute Gasteiger partial charge is 0.378 e. The van der Waals surface area contributed by atoms with Gasteiger partial charge in [0.05, 0.1) is 11.1 Å². The summed E-state index contributed by atoms with van der Waals surface area (Å²) >= 11 is 1.76. The van der Waals surface area contributed by atoms with E-state index in [4.69, 9.17) is 4.74 Å². The molecule has 0 bridgehead atoms. The summed E-state index contributed by atoms with van der Waals surface area (Å²) < 4.78 is 5.97. The first-order valence-electron chi connectivity index (χ1n) is 8.00. The highest BCUT2D eigenvalue weighted by atomic mass is 32.1. The van der Waals surface area contributed by atoms with Gasteiger partial charge in [0.1, 0.15) is 0 Å². The highest BCUT2D eigenvalue weighted by Gasteiger charge is 2.56. The number of thiazole rings is 1. The molecule has 2 aliphatic carbocycles. The van der Waals surface area contributed by atoms with Crippen LogP contribution in [0.4, 0.5) is 0 Å². The zero-order valence-corrected chi connectivity index (χ0v) is 13.4. The van der Waals surface area contributed by atoms with Crippen molar-refractivity contribution in [3.63, 3.8) is 0 Å². The zero-order valence-electron chi connectivity index (χ0n) is 12.6. The second kappa shape index (κ2) is 6.12. The third-order valence-corrected chi connectivity index (χ3v) is 6.24. The molecule has 0 amide bonds. The molecule has 4 heteroatoms. The van der Waals surface area contributed by atoms with Crippen molar-refractivity contribution < 1.29 is 4.74 Å². The van der Waals surface area contributed by atoms with E-state index in [-0.39, 0.29) is 0 Å². The predicted molar refractivity (Wildman–Crippen MR) is 83.3 cm³/mol. The predicted octanol–water partition coefficient (Wildman–Crippen LogP) is 3.57. The Hall–Kier alpha value is -0.450. The van der Waals surface area contributed by atoms with Crippen LogP contribution in [0.15, 0.2) is 11.6 Å². The van der Waals surface area contributed by atoms with Gasteiger partial charge in [0.2, 0.25) is 0 Å². The van der Waals surface area contributed by atoms with E-state index in [9.17, 15) is 0 Å². The summed E-state index contributed by atoms with van der Waals surface area (Å²) in [7, 11) is 0. The summed E-state index contributed by atoms with van der Waals surface area (Å²) in [6.45, 7) is 6.28. The molecule has 1 aromatic heterocycles. The van der Waals surface area contributed by atoms with Crippen LogP contribution in [0.1, 0.15) is 56.9 Å². The Morgan fingerprint density at radius 3 is 2.95 bits per heavy atom. The molecule has 0 aliphatic heterocycles. The van der Waals surface area contributed by atoms with E-state index in [0.29, 0.717) is 23.5 Å². The third kappa shape index (κ3) is 2.53. The van der Waals surface area contributed by atoms with E-state index in [1.807, 2.05) is 6.20 Å². The molecule has 0 aromatic carbocycles. The van der Waals surface area contributed by atoms with Crippen molar-refractivity contribution in [2.45, 2.75) is 64.0 Å². The molecular formula is C16H26N2OS. The molecular weight excluding hydrogens is 268 g/mol. The molecule has 0 radical (unpaired) electrons. The summed E-state index contributed by atoms with van der Waals surface area (Å²) in [5, 5.41) is 7.13. The first-order valence-corrected chi connectivity index (χ1v) is 8.88. The molecule has 3 nitrogen and oxygen atoms in total. The Morgan fingerprint density at radius 2 is 2.30 bits per heavy atom. The summed E-state index contributed by atoms with van der Waals surface area (Å²) in [6, 6.07) is 0.656. The van der Waals surface area contributed by atoms with Crippen molar-refractivity contribution in [3.8, 4) is 0 Å². The lowest BCUT2D eigenvalue weighted by molar-refractivity contribution is -0.130. The van der Waals surface area contributed by atoms with E-state index in [1.54, 1.807) is 11.3 Å². The van der Waals surface area contributed by atoms with Crippen molar-refractivity contribution >= 4 is 11.3 Å². The van der Waals surface area contributed by atoms with Crippen LogP contribution in [0.5, 0.6) is 0 Å². The molecule has 2 saturated carbocycles. The van der Waals surface area contributed by atoms with E-state index in [2.05, 4.69) is 29.5 Å². The van der Waals surface area contributed by atoms with Crippen LogP contribution in [0.2, 0.25) is 0 Å². The average molecular weight is 294 g/mol. The smallest absolute Gasteiger partial charge is 0.0965 e. The van der Waals surface area contributed by atoms with Crippen molar-refractivity contribution in [2.24, 2.45) is 5.41 Å². The normalized spacial score (nSPS) is 29.5. The van der Waals surface area contributed by atoms with Crippen molar-refractivity contribution in [2.75, 3.05) is 13.2 Å². The molecule has 1 N–H and O–H groups in total. The maximum atomic E-state index is 5.97. The second-order valence-electron chi connectivity index (χ2n) is 6.35. The number of hydrogen-bond acceptors (Lipinski definition) is 4. The van der Waals surface area contributed by atoms with Crippen LogP contribution >= 0.6 is 11.3 Å². The molecule has 1 spiro atoms. The lowest BCUT2D eigenvalue weighted by Gasteiger charge is -2.54. The Bertz CT molecular complexity index is 414. The van der Waals surface area contributed by atoms with Crippen LogP contribution in [-0.2, 0) is 4.74 Å². The lowest BCUT2D eigenvalue weighted by atomic mass is 9.60. The van der Waals surface area contributed by atoms with Gasteiger partial charge < -0.3 is 10.1 Å². The Morgan fingerprint density at radius 1 is 1.50 bits per heavy atom. The summed E-state index contributed by atoms with van der Waals surface area (Å²) in [5.74, 6) is 0.514. The molecule has 1 heterocycles. The fourth-order valence-electron chi connectivity index (χ4n) is 4.06. The Labute approximate surface area is 126 Å². The van der Waals surface area contributed by atoms with Gasteiger partial charge in [-0.15, -0.1) is 11.3 Å². The van der Waals surface area contributed by atoms with Gasteiger partial charge in [0.15, 0.2) is 0 Å². The zero-order chi connectivity index (χ0) is 14.0. The number of nitrogens with one attached hydrogen (secondary N) is 1. The monoisotopic (exact) mass is 294 g/mol. The second-order valence-corrected chi connectivity index (χ2v) is 7.28. The first-order chi connectivity index (χ1) is 9.76. The molecule has 2 fully saturated rings. The molecule has 20 heavy (non-hydrogen) atoms. The van der Waals surface area contributed by atoms with E-state index >= 15 is 0 Å². The number of nitrogens with zero attached hydrogens (tertiary/aromatic N) is 1. The third-order valence-electron chi connectivity index (χ3n) is 5.23. The van der Waals surface area contributed by atoms with Crippen LogP contribution in [0, 0.1) is 5.41 Å². The van der Waals surface area contributed by atoms with Crippen LogP contribution in [0.25, 0.3) is 0 Å². The minimum atomic E-state index is 0.443. The minimum absolute atomic E-state index is 0.443. The average Bonchev–Trinajstić information content (AvgIpc) is 3.13. The Kier molecular flexibility index (Phi) is 4.43. The first kappa shape index (κ1) is 14.5. The summed E-state index contributed by atoms with van der Waals surface area (Å²) in [5.41, 5.74) is 0.443. The van der Waals surface area contributed by atoms with Crippen LogP contribution in [-0.4, -0.2) is 30.3 Å². The standard InChI is InChI=1S/C16H26N2OS/c1-3-19-14-10-13(16(14)6-4-5-7-16)18-11-12(2)15-17-8-9-20-15/h8-9,12-14,18H,3-7,10-11H2,1-2H3. The minimum Gasteiger partial charge on any atom is -0.378 e. The lowest BCUT2D eigenvalue weighted by Crippen LogP contribution is -2.63. The SMILES string of the molecule is CCOC1CC(NCC(C)c2nccs2)C12CCCC2. The quantitative estimate of drug-likeness (QED) is 0.871. The van der Waals surface area contributed by atoms with E-state index < -0.39 is 0 Å². The van der Waals surface area contributed by atoms with Gasteiger partial charge in [0.25, 0.3) is 0 Å².